The van der Waals surface area contributed by atoms with E-state index in [2.05, 4.69) is 5.32 Å². The molecule has 0 fully saturated rings. The molecule has 0 aromatic heterocycles. The summed E-state index contributed by atoms with van der Waals surface area (Å²) in [5.74, 6) is 0. The lowest BCUT2D eigenvalue weighted by molar-refractivity contribution is 0.192. The average molecular weight is 325 g/mol. The summed E-state index contributed by atoms with van der Waals surface area (Å²) in [6.07, 6.45) is 1.64. The van der Waals surface area contributed by atoms with Crippen molar-refractivity contribution in [2.24, 2.45) is 0 Å². The lowest BCUT2D eigenvalue weighted by atomic mass is 10.0. The van der Waals surface area contributed by atoms with Gasteiger partial charge in [-0.2, -0.15) is 0 Å². The SMILES string of the molecule is CCCNC(=O)N1CCc2ccc(S(=O)(=O)N(C)C)cc2C1. The van der Waals surface area contributed by atoms with Crippen LogP contribution < -0.4 is 5.32 Å². The van der Waals surface area contributed by atoms with Crippen molar-refractivity contribution in [1.82, 2.24) is 14.5 Å². The highest BCUT2D eigenvalue weighted by Crippen LogP contribution is 2.23. The number of nitrogens with zero attached hydrogens (tertiary/aromatic N) is 2. The Bertz CT molecular complexity index is 656. The average Bonchev–Trinajstić information content (AvgIpc) is 2.51. The van der Waals surface area contributed by atoms with Crippen molar-refractivity contribution < 1.29 is 13.2 Å². The molecule has 2 amide bonds. The van der Waals surface area contributed by atoms with Crippen LogP contribution in [0.25, 0.3) is 0 Å². The molecule has 1 heterocycles. The highest BCUT2D eigenvalue weighted by Gasteiger charge is 2.23. The van der Waals surface area contributed by atoms with Gasteiger partial charge < -0.3 is 10.2 Å². The molecular formula is C15H23N3O3S. The molecule has 0 atom stereocenters. The maximum absolute atomic E-state index is 12.2. The number of sulfonamides is 1. The van der Waals surface area contributed by atoms with Gasteiger partial charge in [0.25, 0.3) is 0 Å². The summed E-state index contributed by atoms with van der Waals surface area (Å²) in [6, 6.07) is 5.09. The van der Waals surface area contributed by atoms with E-state index in [0.717, 1.165) is 24.0 Å². The van der Waals surface area contributed by atoms with Crippen molar-refractivity contribution in [3.05, 3.63) is 29.3 Å². The van der Waals surface area contributed by atoms with Gasteiger partial charge in [-0.3, -0.25) is 0 Å². The zero-order chi connectivity index (χ0) is 16.3. The van der Waals surface area contributed by atoms with Crippen LogP contribution in [0, 0.1) is 0 Å². The summed E-state index contributed by atoms with van der Waals surface area (Å²) >= 11 is 0. The zero-order valence-electron chi connectivity index (χ0n) is 13.3. The fourth-order valence-electron chi connectivity index (χ4n) is 2.42. The van der Waals surface area contributed by atoms with Gasteiger partial charge in [-0.15, -0.1) is 0 Å². The van der Waals surface area contributed by atoms with Gasteiger partial charge >= 0.3 is 6.03 Å². The first-order chi connectivity index (χ1) is 10.4. The number of fused-ring (bicyclic) bond motifs is 1. The third-order valence-corrected chi connectivity index (χ3v) is 5.59. The van der Waals surface area contributed by atoms with Crippen LogP contribution in [0.4, 0.5) is 4.79 Å². The minimum Gasteiger partial charge on any atom is -0.338 e. The monoisotopic (exact) mass is 325 g/mol. The molecule has 7 heteroatoms. The van der Waals surface area contributed by atoms with Gasteiger partial charge in [-0.05, 0) is 36.1 Å². The predicted octanol–water partition coefficient (Wildman–Crippen LogP) is 1.41. The molecule has 0 saturated heterocycles. The van der Waals surface area contributed by atoms with Crippen LogP contribution in [0.15, 0.2) is 23.1 Å². The summed E-state index contributed by atoms with van der Waals surface area (Å²) in [6.45, 7) is 3.76. The summed E-state index contributed by atoms with van der Waals surface area (Å²) in [4.78, 5) is 14.0. The zero-order valence-corrected chi connectivity index (χ0v) is 14.1. The number of hydrogen-bond acceptors (Lipinski definition) is 3. The molecule has 0 unspecified atom stereocenters. The van der Waals surface area contributed by atoms with E-state index in [-0.39, 0.29) is 10.9 Å². The third kappa shape index (κ3) is 3.41. The molecule has 2 rings (SSSR count). The van der Waals surface area contributed by atoms with Gasteiger partial charge in [0.2, 0.25) is 10.0 Å². The number of hydrogen-bond donors (Lipinski definition) is 1. The van der Waals surface area contributed by atoms with Crippen molar-refractivity contribution in [1.29, 1.82) is 0 Å². The van der Waals surface area contributed by atoms with Gasteiger partial charge in [-0.25, -0.2) is 17.5 Å². The van der Waals surface area contributed by atoms with Crippen LogP contribution in [-0.4, -0.2) is 50.8 Å². The van der Waals surface area contributed by atoms with Crippen LogP contribution >= 0.6 is 0 Å². The number of benzene rings is 1. The maximum Gasteiger partial charge on any atom is 0.317 e. The molecule has 0 aliphatic carbocycles. The summed E-state index contributed by atoms with van der Waals surface area (Å²) in [7, 11) is -0.422. The molecule has 1 N–H and O–H groups in total. The van der Waals surface area contributed by atoms with Gasteiger partial charge in [0.1, 0.15) is 0 Å². The van der Waals surface area contributed by atoms with Crippen molar-refractivity contribution in [3.63, 3.8) is 0 Å². The number of carbonyl (C=O) groups excluding carboxylic acids is 1. The molecule has 122 valence electrons. The third-order valence-electron chi connectivity index (χ3n) is 3.78. The molecule has 0 radical (unpaired) electrons. The Morgan fingerprint density at radius 3 is 2.68 bits per heavy atom. The van der Waals surface area contributed by atoms with Crippen molar-refractivity contribution in [2.75, 3.05) is 27.2 Å². The molecule has 1 aromatic rings. The Morgan fingerprint density at radius 2 is 2.05 bits per heavy atom. The number of amides is 2. The first kappa shape index (κ1) is 16.8. The van der Waals surface area contributed by atoms with Gasteiger partial charge in [0, 0.05) is 33.7 Å². The van der Waals surface area contributed by atoms with Crippen molar-refractivity contribution in [3.8, 4) is 0 Å². The molecule has 6 nitrogen and oxygen atoms in total. The topological polar surface area (TPSA) is 69.7 Å². The molecule has 0 bridgehead atoms. The second-order valence-electron chi connectivity index (χ2n) is 5.62. The quantitative estimate of drug-likeness (QED) is 0.910. The van der Waals surface area contributed by atoms with Crippen LogP contribution in [0.5, 0.6) is 0 Å². The van der Waals surface area contributed by atoms with E-state index in [4.69, 9.17) is 0 Å². The van der Waals surface area contributed by atoms with E-state index in [1.165, 1.54) is 18.4 Å². The highest BCUT2D eigenvalue weighted by molar-refractivity contribution is 7.89. The minimum atomic E-state index is -3.45. The Balaban J connectivity index is 2.22. The first-order valence-electron chi connectivity index (χ1n) is 7.43. The van der Waals surface area contributed by atoms with Crippen molar-refractivity contribution >= 4 is 16.1 Å². The van der Waals surface area contributed by atoms with Crippen molar-refractivity contribution in [2.45, 2.75) is 31.2 Å². The molecular weight excluding hydrogens is 302 g/mol. The first-order valence-corrected chi connectivity index (χ1v) is 8.87. The van der Waals surface area contributed by atoms with E-state index in [1.54, 1.807) is 17.0 Å². The predicted molar refractivity (Wildman–Crippen MR) is 85.1 cm³/mol. The van der Waals surface area contributed by atoms with Crippen LogP contribution in [0.1, 0.15) is 24.5 Å². The highest BCUT2D eigenvalue weighted by atomic mass is 32.2. The molecule has 1 aliphatic rings. The number of nitrogens with one attached hydrogen (secondary N) is 1. The van der Waals surface area contributed by atoms with E-state index >= 15 is 0 Å². The van der Waals surface area contributed by atoms with E-state index in [9.17, 15) is 13.2 Å². The van der Waals surface area contributed by atoms with Crippen LogP contribution in [0.3, 0.4) is 0 Å². The lowest BCUT2D eigenvalue weighted by Gasteiger charge is -2.29. The second kappa shape index (κ2) is 6.66. The fraction of sp³-hybridized carbons (Fsp3) is 0.533. The molecule has 0 saturated carbocycles. The van der Waals surface area contributed by atoms with Gasteiger partial charge in [0.05, 0.1) is 4.90 Å². The molecule has 1 aromatic carbocycles. The lowest BCUT2D eigenvalue weighted by Crippen LogP contribution is -2.43. The smallest absolute Gasteiger partial charge is 0.317 e. The van der Waals surface area contributed by atoms with Gasteiger partial charge in [0.15, 0.2) is 0 Å². The molecule has 0 spiro atoms. The van der Waals surface area contributed by atoms with Crippen LogP contribution in [0.2, 0.25) is 0 Å². The molecule has 22 heavy (non-hydrogen) atoms. The summed E-state index contributed by atoms with van der Waals surface area (Å²) < 4.78 is 25.6. The standard InChI is InChI=1S/C15H23N3O3S/c1-4-8-16-15(19)18-9-7-12-5-6-14(10-13(12)11-18)22(20,21)17(2)3/h5-6,10H,4,7-9,11H2,1-3H3,(H,16,19). The number of urea groups is 1. The fourth-order valence-corrected chi connectivity index (χ4v) is 3.37. The number of rotatable bonds is 4. The Hall–Kier alpha value is -1.60. The Labute approximate surface area is 132 Å². The minimum absolute atomic E-state index is 0.0895. The van der Waals surface area contributed by atoms with Crippen LogP contribution in [-0.2, 0) is 23.0 Å². The normalized spacial score (nSPS) is 14.8. The van der Waals surface area contributed by atoms with E-state index < -0.39 is 10.0 Å². The van der Waals surface area contributed by atoms with E-state index in [0.29, 0.717) is 19.6 Å². The van der Waals surface area contributed by atoms with Gasteiger partial charge in [-0.1, -0.05) is 13.0 Å². The number of carbonyl (C=O) groups is 1. The Morgan fingerprint density at radius 1 is 1.32 bits per heavy atom. The molecule has 1 aliphatic heterocycles. The second-order valence-corrected chi connectivity index (χ2v) is 7.77. The Kier molecular flexibility index (Phi) is 5.08. The summed E-state index contributed by atoms with van der Waals surface area (Å²) in [5, 5.41) is 2.86. The summed E-state index contributed by atoms with van der Waals surface area (Å²) in [5.41, 5.74) is 2.01. The van der Waals surface area contributed by atoms with E-state index in [1.807, 2.05) is 13.0 Å². The largest absolute Gasteiger partial charge is 0.338 e. The maximum atomic E-state index is 12.2.